The molecule has 2 heterocycles. The van der Waals surface area contributed by atoms with Gasteiger partial charge in [0.25, 0.3) is 15.9 Å². The third-order valence-electron chi connectivity index (χ3n) is 2.76. The van der Waals surface area contributed by atoms with Crippen molar-refractivity contribution in [1.29, 1.82) is 0 Å². The molecule has 20 heavy (non-hydrogen) atoms. The summed E-state index contributed by atoms with van der Waals surface area (Å²) >= 11 is 1.79. The molecule has 2 aromatic rings. The van der Waals surface area contributed by atoms with Crippen molar-refractivity contribution in [3.05, 3.63) is 32.1 Å². The molecule has 1 aliphatic rings. The highest BCUT2D eigenvalue weighted by Crippen LogP contribution is 2.32. The van der Waals surface area contributed by atoms with E-state index in [0.29, 0.717) is 9.40 Å². The van der Waals surface area contributed by atoms with E-state index in [0.717, 1.165) is 22.7 Å². The van der Waals surface area contributed by atoms with E-state index in [1.165, 1.54) is 12.1 Å². The number of hydrogen-bond donors (Lipinski definition) is 0. The molecule has 0 saturated carbocycles. The van der Waals surface area contributed by atoms with Crippen molar-refractivity contribution in [2.45, 2.75) is 6.18 Å². The largest absolute Gasteiger partial charge is 0.406 e. The van der Waals surface area contributed by atoms with Crippen molar-refractivity contribution >= 4 is 43.9 Å². The van der Waals surface area contributed by atoms with Gasteiger partial charge in [-0.15, -0.1) is 0 Å². The highest BCUT2D eigenvalue weighted by molar-refractivity contribution is 7.35. The van der Waals surface area contributed by atoms with Gasteiger partial charge >= 0.3 is 6.18 Å². The third-order valence-corrected chi connectivity index (χ3v) is 4.84. The molecule has 1 aliphatic heterocycles. The minimum atomic E-state index is -4.64. The summed E-state index contributed by atoms with van der Waals surface area (Å²) in [7, 11) is 0. The number of imide groups is 1. The number of rotatable bonds is 1. The van der Waals surface area contributed by atoms with E-state index >= 15 is 0 Å². The fraction of sp³-hybridized carbons (Fsp3) is 0.182. The first-order chi connectivity index (χ1) is 9.26. The summed E-state index contributed by atoms with van der Waals surface area (Å²) in [5, 5.41) is 0. The zero-order chi connectivity index (χ0) is 14.7. The fourth-order valence-electron chi connectivity index (χ4n) is 1.98. The predicted molar refractivity (Wildman–Crippen MR) is 67.4 cm³/mol. The average Bonchev–Trinajstić information content (AvgIpc) is 2.78. The van der Waals surface area contributed by atoms with Gasteiger partial charge in [0.15, 0.2) is 0 Å². The number of halogens is 3. The lowest BCUT2D eigenvalue weighted by atomic mass is 10.1. The molecule has 2 amide bonds. The molecule has 0 aliphatic carbocycles. The number of nitrogens with zero attached hydrogens (tertiary/aromatic N) is 1. The number of fused-ring (bicyclic) bond motifs is 2. The molecular formula is C11H4F3NO3S2. The molecule has 0 N–H and O–H groups in total. The second kappa shape index (κ2) is 4.13. The lowest BCUT2D eigenvalue weighted by molar-refractivity contribution is -0.136. The van der Waals surface area contributed by atoms with E-state index in [9.17, 15) is 27.6 Å². The molecule has 104 valence electrons. The van der Waals surface area contributed by atoms with Gasteiger partial charge in [-0.25, -0.2) is 0 Å². The summed E-state index contributed by atoms with van der Waals surface area (Å²) in [5.74, 6) is -1.95. The normalized spacial score (nSPS) is 15.2. The molecule has 3 rings (SSSR count). The lowest BCUT2D eigenvalue weighted by Crippen LogP contribution is -2.38. The van der Waals surface area contributed by atoms with Crippen LogP contribution in [-0.2, 0) is 0 Å². The molecule has 1 aromatic carbocycles. The van der Waals surface area contributed by atoms with E-state index in [2.05, 4.69) is 0 Å². The van der Waals surface area contributed by atoms with Crippen LogP contribution in [0, 0.1) is 0 Å². The number of amides is 2. The first-order valence-corrected chi connectivity index (χ1v) is 6.90. The first-order valence-electron chi connectivity index (χ1n) is 5.27. The third kappa shape index (κ3) is 2.02. The smallest absolute Gasteiger partial charge is 0.269 e. The van der Waals surface area contributed by atoms with Crippen LogP contribution in [0.25, 0.3) is 9.40 Å². The number of carbonyl (C=O) groups is 2. The quantitative estimate of drug-likeness (QED) is 0.759. The Balaban J connectivity index is 2.11. The van der Waals surface area contributed by atoms with Gasteiger partial charge in [-0.1, -0.05) is 22.7 Å². The Morgan fingerprint density at radius 2 is 1.40 bits per heavy atom. The second-order valence-corrected chi connectivity index (χ2v) is 6.40. The summed E-state index contributed by atoms with van der Waals surface area (Å²) in [6.45, 7) is -1.61. The molecular weight excluding hydrogens is 315 g/mol. The summed E-state index contributed by atoms with van der Waals surface area (Å²) < 4.78 is 37.9. The number of carbonyl (C=O) groups excluding carboxylic acids is 2. The Bertz CT molecular complexity index is 749. The predicted octanol–water partition coefficient (Wildman–Crippen LogP) is 2.48. The van der Waals surface area contributed by atoms with E-state index in [1.807, 2.05) is 0 Å². The van der Waals surface area contributed by atoms with Gasteiger partial charge in [0, 0.05) is 9.40 Å². The highest BCUT2D eigenvalue weighted by Gasteiger charge is 2.42. The van der Waals surface area contributed by atoms with Crippen molar-refractivity contribution in [3.63, 3.8) is 0 Å². The molecule has 4 nitrogen and oxygen atoms in total. The molecule has 0 bridgehead atoms. The molecule has 0 atom stereocenters. The lowest BCUT2D eigenvalue weighted by Gasteiger charge is -2.15. The summed E-state index contributed by atoms with van der Waals surface area (Å²) in [5.41, 5.74) is -0.165. The Kier molecular flexibility index (Phi) is 2.73. The maximum Gasteiger partial charge on any atom is 0.406 e. The second-order valence-electron chi connectivity index (χ2n) is 4.11. The van der Waals surface area contributed by atoms with Gasteiger partial charge < -0.3 is 0 Å². The number of benzene rings is 1. The molecule has 0 spiro atoms. The Labute approximate surface area is 117 Å². The Morgan fingerprint density at radius 3 is 1.80 bits per heavy atom. The summed E-state index contributed by atoms with van der Waals surface area (Å²) in [6.07, 6.45) is -4.64. The number of alkyl halides is 3. The molecule has 1 aromatic heterocycles. The maximum atomic E-state index is 12.4. The van der Waals surface area contributed by atoms with Gasteiger partial charge in [0.2, 0.25) is 0 Å². The van der Waals surface area contributed by atoms with Gasteiger partial charge in [-0.2, -0.15) is 13.2 Å². The zero-order valence-electron chi connectivity index (χ0n) is 9.48. The van der Waals surface area contributed by atoms with Crippen LogP contribution in [0.1, 0.15) is 20.7 Å². The van der Waals surface area contributed by atoms with E-state index in [1.54, 1.807) is 0 Å². The topological polar surface area (TPSA) is 54.5 Å². The maximum absolute atomic E-state index is 12.4. The van der Waals surface area contributed by atoms with Crippen molar-refractivity contribution in [1.82, 2.24) is 4.90 Å². The van der Waals surface area contributed by atoms with Gasteiger partial charge in [-0.3, -0.25) is 19.3 Å². The van der Waals surface area contributed by atoms with Crippen LogP contribution in [0.3, 0.4) is 0 Å². The van der Waals surface area contributed by atoms with E-state index in [4.69, 9.17) is 0 Å². The van der Waals surface area contributed by atoms with Crippen molar-refractivity contribution in [2.24, 2.45) is 0 Å². The highest BCUT2D eigenvalue weighted by atomic mass is 32.2. The van der Waals surface area contributed by atoms with Crippen molar-refractivity contribution in [2.75, 3.05) is 6.54 Å². The van der Waals surface area contributed by atoms with Crippen LogP contribution in [-0.4, -0.2) is 29.4 Å². The van der Waals surface area contributed by atoms with Crippen LogP contribution in [0.15, 0.2) is 16.9 Å². The molecule has 0 fully saturated rings. The van der Waals surface area contributed by atoms with Crippen LogP contribution in [0.5, 0.6) is 0 Å². The Hall–Kier alpha value is -1.74. The number of hydrogen-bond acceptors (Lipinski definition) is 5. The summed E-state index contributed by atoms with van der Waals surface area (Å²) in [6, 6.07) is 2.62. The zero-order valence-corrected chi connectivity index (χ0v) is 11.1. The van der Waals surface area contributed by atoms with Crippen LogP contribution in [0.2, 0.25) is 0 Å². The van der Waals surface area contributed by atoms with E-state index in [-0.39, 0.29) is 20.1 Å². The van der Waals surface area contributed by atoms with Gasteiger partial charge in [0.05, 0.1) is 11.1 Å². The SMILES string of the molecule is O=C1c2cc3sc(=O)sc3cc2C(=O)N1CC(F)(F)F. The monoisotopic (exact) mass is 319 g/mol. The molecule has 0 radical (unpaired) electrons. The Morgan fingerprint density at radius 1 is 0.950 bits per heavy atom. The molecule has 9 heteroatoms. The van der Waals surface area contributed by atoms with Crippen LogP contribution >= 0.6 is 22.7 Å². The minimum Gasteiger partial charge on any atom is -0.269 e. The van der Waals surface area contributed by atoms with E-state index < -0.39 is 24.5 Å². The summed E-state index contributed by atoms with van der Waals surface area (Å²) in [4.78, 5) is 35.2. The average molecular weight is 319 g/mol. The molecule has 0 saturated heterocycles. The fourth-order valence-corrected chi connectivity index (χ4v) is 3.97. The van der Waals surface area contributed by atoms with Crippen LogP contribution < -0.4 is 4.06 Å². The molecule has 0 unspecified atom stereocenters. The first kappa shape index (κ1) is 13.3. The standard InChI is InChI=1S/C11H4F3NO3S2/c12-11(13,14)3-15-8(16)4-1-6-7(20-10(18)19-6)2-5(4)9(15)17/h1-2H,3H2. The van der Waals surface area contributed by atoms with Crippen molar-refractivity contribution < 1.29 is 22.8 Å². The van der Waals surface area contributed by atoms with Gasteiger partial charge in [0.1, 0.15) is 6.54 Å². The minimum absolute atomic E-state index is 0.0826. The van der Waals surface area contributed by atoms with Crippen molar-refractivity contribution in [3.8, 4) is 0 Å². The van der Waals surface area contributed by atoms with Gasteiger partial charge in [-0.05, 0) is 12.1 Å². The van der Waals surface area contributed by atoms with Crippen LogP contribution in [0.4, 0.5) is 13.2 Å².